The first-order chi connectivity index (χ1) is 8.51. The third-order valence-corrected chi connectivity index (χ3v) is 3.39. The molecule has 0 spiro atoms. The Kier molecular flexibility index (Phi) is 5.28. The molecule has 3 nitrogen and oxygen atoms in total. The van der Waals surface area contributed by atoms with Crippen molar-refractivity contribution in [2.24, 2.45) is 11.1 Å². The second kappa shape index (κ2) is 6.50. The monoisotopic (exact) mass is 252 g/mol. The maximum Gasteiger partial charge on any atom is 0.227 e. The van der Waals surface area contributed by atoms with Crippen molar-refractivity contribution >= 4 is 5.91 Å². The lowest BCUT2D eigenvalue weighted by Gasteiger charge is -2.24. The first kappa shape index (κ1) is 14.6. The van der Waals surface area contributed by atoms with E-state index in [1.807, 2.05) is 13.8 Å². The molecule has 1 aromatic carbocycles. The van der Waals surface area contributed by atoms with Crippen molar-refractivity contribution in [1.29, 1.82) is 0 Å². The predicted octanol–water partition coefficient (Wildman–Crippen LogP) is 1.86. The molecule has 0 aromatic heterocycles. The van der Waals surface area contributed by atoms with Crippen LogP contribution in [0.1, 0.15) is 25.8 Å². The standard InChI is InChI=1S/C14H21FN2O/c1-3-14(2,10-16)13(18)17-9-8-11-4-6-12(15)7-5-11/h4-7H,3,8-10,16H2,1-2H3,(H,17,18). The van der Waals surface area contributed by atoms with Crippen LogP contribution in [0.5, 0.6) is 0 Å². The molecule has 1 aromatic rings. The summed E-state index contributed by atoms with van der Waals surface area (Å²) in [6, 6.07) is 6.30. The van der Waals surface area contributed by atoms with Crippen LogP contribution in [-0.4, -0.2) is 19.0 Å². The molecule has 4 heteroatoms. The number of nitrogens with one attached hydrogen (secondary N) is 1. The number of amides is 1. The van der Waals surface area contributed by atoms with Gasteiger partial charge in [-0.3, -0.25) is 4.79 Å². The summed E-state index contributed by atoms with van der Waals surface area (Å²) in [5.74, 6) is -0.265. The van der Waals surface area contributed by atoms with Crippen molar-refractivity contribution in [1.82, 2.24) is 5.32 Å². The molecule has 1 unspecified atom stereocenters. The molecular weight excluding hydrogens is 231 g/mol. The molecule has 0 saturated carbocycles. The van der Waals surface area contributed by atoms with Crippen LogP contribution < -0.4 is 11.1 Å². The molecule has 0 radical (unpaired) electrons. The van der Waals surface area contributed by atoms with Gasteiger partial charge in [0.25, 0.3) is 0 Å². The van der Waals surface area contributed by atoms with Gasteiger partial charge in [0.1, 0.15) is 5.82 Å². The van der Waals surface area contributed by atoms with E-state index in [0.29, 0.717) is 25.9 Å². The van der Waals surface area contributed by atoms with Crippen LogP contribution in [0.2, 0.25) is 0 Å². The Hall–Kier alpha value is -1.42. The second-order valence-corrected chi connectivity index (χ2v) is 4.75. The van der Waals surface area contributed by atoms with E-state index in [1.54, 1.807) is 12.1 Å². The molecule has 0 fully saturated rings. The SMILES string of the molecule is CCC(C)(CN)C(=O)NCCc1ccc(F)cc1. The Morgan fingerprint density at radius 2 is 2.00 bits per heavy atom. The molecule has 0 aliphatic rings. The molecule has 0 saturated heterocycles. The van der Waals surface area contributed by atoms with Crippen molar-refractivity contribution < 1.29 is 9.18 Å². The molecule has 1 rings (SSSR count). The zero-order valence-electron chi connectivity index (χ0n) is 11.0. The number of hydrogen-bond donors (Lipinski definition) is 2. The van der Waals surface area contributed by atoms with Gasteiger partial charge in [0.2, 0.25) is 5.91 Å². The van der Waals surface area contributed by atoms with Gasteiger partial charge in [-0.05, 0) is 37.5 Å². The number of hydrogen-bond acceptors (Lipinski definition) is 2. The van der Waals surface area contributed by atoms with Crippen LogP contribution in [0.4, 0.5) is 4.39 Å². The summed E-state index contributed by atoms with van der Waals surface area (Å²) in [4.78, 5) is 11.9. The molecule has 0 aliphatic heterocycles. The zero-order valence-corrected chi connectivity index (χ0v) is 11.0. The summed E-state index contributed by atoms with van der Waals surface area (Å²) in [7, 11) is 0. The highest BCUT2D eigenvalue weighted by Crippen LogP contribution is 2.18. The highest BCUT2D eigenvalue weighted by Gasteiger charge is 2.28. The average molecular weight is 252 g/mol. The zero-order chi connectivity index (χ0) is 13.6. The molecule has 3 N–H and O–H groups in total. The summed E-state index contributed by atoms with van der Waals surface area (Å²) < 4.78 is 12.7. The Morgan fingerprint density at radius 3 is 2.50 bits per heavy atom. The van der Waals surface area contributed by atoms with Gasteiger partial charge in [0.05, 0.1) is 5.41 Å². The van der Waals surface area contributed by atoms with E-state index in [-0.39, 0.29) is 11.7 Å². The quantitative estimate of drug-likeness (QED) is 0.812. The number of nitrogens with two attached hydrogens (primary N) is 1. The van der Waals surface area contributed by atoms with E-state index < -0.39 is 5.41 Å². The maximum atomic E-state index is 12.7. The van der Waals surface area contributed by atoms with Gasteiger partial charge < -0.3 is 11.1 Å². The number of carbonyl (C=O) groups is 1. The summed E-state index contributed by atoms with van der Waals surface area (Å²) >= 11 is 0. The van der Waals surface area contributed by atoms with Crippen LogP contribution >= 0.6 is 0 Å². The highest BCUT2D eigenvalue weighted by atomic mass is 19.1. The fourth-order valence-electron chi connectivity index (χ4n) is 1.58. The van der Waals surface area contributed by atoms with Gasteiger partial charge in [0.15, 0.2) is 0 Å². The minimum absolute atomic E-state index is 0.0189. The van der Waals surface area contributed by atoms with E-state index >= 15 is 0 Å². The first-order valence-corrected chi connectivity index (χ1v) is 6.24. The van der Waals surface area contributed by atoms with E-state index in [4.69, 9.17) is 5.73 Å². The largest absolute Gasteiger partial charge is 0.355 e. The fraction of sp³-hybridized carbons (Fsp3) is 0.500. The van der Waals surface area contributed by atoms with E-state index in [2.05, 4.69) is 5.32 Å². The third-order valence-electron chi connectivity index (χ3n) is 3.39. The second-order valence-electron chi connectivity index (χ2n) is 4.75. The van der Waals surface area contributed by atoms with Crippen LogP contribution in [0.25, 0.3) is 0 Å². The predicted molar refractivity (Wildman–Crippen MR) is 70.6 cm³/mol. The molecule has 18 heavy (non-hydrogen) atoms. The topological polar surface area (TPSA) is 55.1 Å². The Morgan fingerprint density at radius 1 is 1.39 bits per heavy atom. The van der Waals surface area contributed by atoms with Gasteiger partial charge in [-0.15, -0.1) is 0 Å². The lowest BCUT2D eigenvalue weighted by Crippen LogP contribution is -2.44. The van der Waals surface area contributed by atoms with Crippen molar-refractivity contribution in [2.75, 3.05) is 13.1 Å². The van der Waals surface area contributed by atoms with Crippen LogP contribution in [-0.2, 0) is 11.2 Å². The molecule has 0 heterocycles. The number of benzene rings is 1. The lowest BCUT2D eigenvalue weighted by molar-refractivity contribution is -0.129. The van der Waals surface area contributed by atoms with Gasteiger partial charge in [-0.25, -0.2) is 4.39 Å². The first-order valence-electron chi connectivity index (χ1n) is 6.24. The van der Waals surface area contributed by atoms with Crippen molar-refractivity contribution in [3.63, 3.8) is 0 Å². The molecule has 0 bridgehead atoms. The Bertz CT molecular complexity index is 385. The highest BCUT2D eigenvalue weighted by molar-refractivity contribution is 5.82. The summed E-state index contributed by atoms with van der Waals surface area (Å²) in [6.45, 7) is 4.69. The van der Waals surface area contributed by atoms with Gasteiger partial charge in [0, 0.05) is 13.1 Å². The van der Waals surface area contributed by atoms with Crippen LogP contribution in [0.15, 0.2) is 24.3 Å². The molecular formula is C14H21FN2O. The van der Waals surface area contributed by atoms with E-state index in [0.717, 1.165) is 5.56 Å². The van der Waals surface area contributed by atoms with Crippen LogP contribution in [0.3, 0.4) is 0 Å². The summed E-state index contributed by atoms with van der Waals surface area (Å²) in [6.07, 6.45) is 1.41. The van der Waals surface area contributed by atoms with Gasteiger partial charge >= 0.3 is 0 Å². The maximum absolute atomic E-state index is 12.7. The third kappa shape index (κ3) is 3.81. The summed E-state index contributed by atoms with van der Waals surface area (Å²) in [5.41, 5.74) is 6.12. The average Bonchev–Trinajstić information content (AvgIpc) is 2.40. The van der Waals surface area contributed by atoms with E-state index in [9.17, 15) is 9.18 Å². The fourth-order valence-corrected chi connectivity index (χ4v) is 1.58. The molecule has 100 valence electrons. The van der Waals surface area contributed by atoms with E-state index in [1.165, 1.54) is 12.1 Å². The van der Waals surface area contributed by atoms with Crippen LogP contribution in [0, 0.1) is 11.2 Å². The molecule has 1 atom stereocenters. The Labute approximate surface area is 108 Å². The smallest absolute Gasteiger partial charge is 0.227 e. The number of rotatable bonds is 6. The van der Waals surface area contributed by atoms with Gasteiger partial charge in [-0.1, -0.05) is 19.1 Å². The lowest BCUT2D eigenvalue weighted by atomic mass is 9.86. The van der Waals surface area contributed by atoms with Crippen molar-refractivity contribution in [2.45, 2.75) is 26.7 Å². The molecule has 0 aliphatic carbocycles. The normalized spacial score (nSPS) is 14.0. The minimum atomic E-state index is -0.497. The summed E-state index contributed by atoms with van der Waals surface area (Å²) in [5, 5.41) is 2.88. The minimum Gasteiger partial charge on any atom is -0.355 e. The van der Waals surface area contributed by atoms with Crippen molar-refractivity contribution in [3.8, 4) is 0 Å². The molecule has 1 amide bonds. The van der Waals surface area contributed by atoms with Gasteiger partial charge in [-0.2, -0.15) is 0 Å². The number of halogens is 1. The van der Waals surface area contributed by atoms with Crippen molar-refractivity contribution in [3.05, 3.63) is 35.6 Å². The number of carbonyl (C=O) groups excluding carboxylic acids is 1. The Balaban J connectivity index is 2.42.